The van der Waals surface area contributed by atoms with E-state index in [-0.39, 0.29) is 23.9 Å². The Labute approximate surface area is 158 Å². The van der Waals surface area contributed by atoms with Crippen LogP contribution in [0, 0.1) is 11.6 Å². The average molecular weight is 383 g/mol. The van der Waals surface area contributed by atoms with Crippen molar-refractivity contribution in [2.75, 3.05) is 12.4 Å². The van der Waals surface area contributed by atoms with Crippen molar-refractivity contribution in [3.8, 4) is 5.69 Å². The molecule has 0 unspecified atom stereocenters. The zero-order chi connectivity index (χ0) is 19.8. The number of nitrogens with zero attached hydrogens (tertiary/aromatic N) is 2. The Balaban J connectivity index is 1.75. The second-order valence-corrected chi connectivity index (χ2v) is 6.39. The lowest BCUT2D eigenvalue weighted by Gasteiger charge is -2.23. The number of nitrogens with one attached hydrogen (secondary N) is 1. The third-order valence-corrected chi connectivity index (χ3v) is 4.63. The monoisotopic (exact) mass is 383 g/mol. The number of fused-ring (bicyclic) bond motifs is 1. The zero-order valence-electron chi connectivity index (χ0n) is 14.8. The number of benzene rings is 2. The van der Waals surface area contributed by atoms with Gasteiger partial charge in [-0.15, -0.1) is 0 Å². The second-order valence-electron chi connectivity index (χ2n) is 6.39. The Bertz CT molecular complexity index is 1060. The highest BCUT2D eigenvalue weighted by molar-refractivity contribution is 5.94. The molecule has 1 aliphatic heterocycles. The van der Waals surface area contributed by atoms with Crippen molar-refractivity contribution in [1.82, 2.24) is 9.55 Å². The minimum atomic E-state index is -0.727. The minimum Gasteiger partial charge on any atom is -0.465 e. The number of carbonyl (C=O) groups excluding carboxylic acids is 2. The first-order valence-electron chi connectivity index (χ1n) is 8.48. The number of hydrogen-bond donors (Lipinski definition) is 1. The molecule has 1 N–H and O–H groups in total. The molecule has 0 aliphatic carbocycles. The van der Waals surface area contributed by atoms with Crippen LogP contribution >= 0.6 is 0 Å². The number of ether oxygens (including phenoxy) is 1. The van der Waals surface area contributed by atoms with Crippen molar-refractivity contribution < 1.29 is 23.1 Å². The Hall–Kier alpha value is -3.55. The smallest absolute Gasteiger partial charge is 0.337 e. The van der Waals surface area contributed by atoms with E-state index in [2.05, 4.69) is 15.0 Å². The van der Waals surface area contributed by atoms with Gasteiger partial charge in [-0.05, 0) is 29.8 Å². The van der Waals surface area contributed by atoms with E-state index in [4.69, 9.17) is 0 Å². The summed E-state index contributed by atoms with van der Waals surface area (Å²) in [6, 6.07) is 9.80. The maximum Gasteiger partial charge on any atom is 0.337 e. The molecule has 1 atom stereocenters. The van der Waals surface area contributed by atoms with Gasteiger partial charge in [0.05, 0.1) is 24.1 Å². The molecule has 0 spiro atoms. The van der Waals surface area contributed by atoms with Gasteiger partial charge in [-0.3, -0.25) is 9.36 Å². The molecular formula is C20H15F2N3O3. The summed E-state index contributed by atoms with van der Waals surface area (Å²) < 4.78 is 33.3. The number of amides is 1. The van der Waals surface area contributed by atoms with Gasteiger partial charge < -0.3 is 10.1 Å². The number of rotatable bonds is 3. The number of carbonyl (C=O) groups is 2. The molecule has 0 bridgehead atoms. The van der Waals surface area contributed by atoms with Crippen molar-refractivity contribution in [3.63, 3.8) is 0 Å². The van der Waals surface area contributed by atoms with E-state index in [1.54, 1.807) is 24.3 Å². The highest BCUT2D eigenvalue weighted by Crippen LogP contribution is 2.37. The van der Waals surface area contributed by atoms with Crippen LogP contribution in [0.3, 0.4) is 0 Å². The van der Waals surface area contributed by atoms with E-state index in [1.165, 1.54) is 18.0 Å². The molecule has 8 heteroatoms. The molecule has 0 saturated carbocycles. The molecule has 0 saturated heterocycles. The minimum absolute atomic E-state index is 0.166. The molecule has 1 amide bonds. The summed E-state index contributed by atoms with van der Waals surface area (Å²) in [5, 5.41) is 2.73. The summed E-state index contributed by atoms with van der Waals surface area (Å²) in [7, 11) is 1.30. The van der Waals surface area contributed by atoms with Crippen LogP contribution in [0.5, 0.6) is 0 Å². The van der Waals surface area contributed by atoms with Gasteiger partial charge in [-0.25, -0.2) is 18.6 Å². The van der Waals surface area contributed by atoms with Crippen LogP contribution in [0.2, 0.25) is 0 Å². The van der Waals surface area contributed by atoms with Gasteiger partial charge in [-0.2, -0.15) is 0 Å². The highest BCUT2D eigenvalue weighted by atomic mass is 19.1. The van der Waals surface area contributed by atoms with E-state index in [1.807, 2.05) is 0 Å². The fourth-order valence-electron chi connectivity index (χ4n) is 3.33. The standard InChI is InChI=1S/C20H15F2N3O3/c1-28-20(27)12-4-2-11(3-5-12)16-9-17(26)24-19-18(16)23-10-25(19)15-7-13(21)6-14(22)8-15/h2-8,10,16H,9H2,1H3,(H,24,26)/t16-/m0/s1. The molecule has 0 fully saturated rings. The fourth-order valence-corrected chi connectivity index (χ4v) is 3.33. The van der Waals surface area contributed by atoms with Gasteiger partial charge in [0.2, 0.25) is 5.91 Å². The zero-order valence-corrected chi connectivity index (χ0v) is 14.8. The van der Waals surface area contributed by atoms with Gasteiger partial charge in [0.1, 0.15) is 23.8 Å². The fraction of sp³-hybridized carbons (Fsp3) is 0.150. The average Bonchev–Trinajstić information content (AvgIpc) is 3.10. The number of esters is 1. The molecule has 1 aliphatic rings. The number of methoxy groups -OCH3 is 1. The first-order chi connectivity index (χ1) is 13.5. The molecule has 6 nitrogen and oxygen atoms in total. The molecule has 2 heterocycles. The summed E-state index contributed by atoms with van der Waals surface area (Å²) in [6.07, 6.45) is 1.58. The lowest BCUT2D eigenvalue weighted by Crippen LogP contribution is -2.25. The van der Waals surface area contributed by atoms with Crippen molar-refractivity contribution >= 4 is 17.7 Å². The van der Waals surface area contributed by atoms with Gasteiger partial charge in [-0.1, -0.05) is 12.1 Å². The summed E-state index contributed by atoms with van der Waals surface area (Å²) in [6.45, 7) is 0. The third kappa shape index (κ3) is 3.13. The Morgan fingerprint density at radius 1 is 1.18 bits per heavy atom. The normalized spacial score (nSPS) is 15.7. The second kappa shape index (κ2) is 6.88. The van der Waals surface area contributed by atoms with Gasteiger partial charge in [0.25, 0.3) is 0 Å². The number of hydrogen-bond acceptors (Lipinski definition) is 4. The molecule has 1 aromatic heterocycles. The largest absolute Gasteiger partial charge is 0.465 e. The van der Waals surface area contributed by atoms with E-state index in [0.717, 1.165) is 23.8 Å². The number of halogens is 2. The van der Waals surface area contributed by atoms with Gasteiger partial charge in [0.15, 0.2) is 0 Å². The molecule has 28 heavy (non-hydrogen) atoms. The number of imidazole rings is 1. The van der Waals surface area contributed by atoms with Gasteiger partial charge >= 0.3 is 5.97 Å². The molecule has 3 aromatic rings. The molecule has 0 radical (unpaired) electrons. The first kappa shape index (κ1) is 17.8. The topological polar surface area (TPSA) is 73.2 Å². The Morgan fingerprint density at radius 3 is 2.50 bits per heavy atom. The molecular weight excluding hydrogens is 368 g/mol. The summed E-state index contributed by atoms with van der Waals surface area (Å²) in [5.74, 6) is -2.14. The summed E-state index contributed by atoms with van der Waals surface area (Å²) in [5.41, 5.74) is 1.98. The highest BCUT2D eigenvalue weighted by Gasteiger charge is 2.31. The maximum absolute atomic E-state index is 13.6. The van der Waals surface area contributed by atoms with E-state index >= 15 is 0 Å². The van der Waals surface area contributed by atoms with Crippen LogP contribution in [0.4, 0.5) is 14.6 Å². The SMILES string of the molecule is COC(=O)c1ccc([C@@H]2CC(=O)Nc3c2ncn3-c2cc(F)cc(F)c2)cc1. The van der Waals surface area contributed by atoms with E-state index < -0.39 is 17.6 Å². The van der Waals surface area contributed by atoms with Crippen LogP contribution in [0.25, 0.3) is 5.69 Å². The summed E-state index contributed by atoms with van der Waals surface area (Å²) in [4.78, 5) is 28.2. The maximum atomic E-state index is 13.6. The van der Waals surface area contributed by atoms with E-state index in [9.17, 15) is 18.4 Å². The molecule has 4 rings (SSSR count). The predicted molar refractivity (Wildman–Crippen MR) is 96.4 cm³/mol. The van der Waals surface area contributed by atoms with Crippen LogP contribution in [-0.2, 0) is 9.53 Å². The predicted octanol–water partition coefficient (Wildman–Crippen LogP) is 3.41. The number of anilines is 1. The van der Waals surface area contributed by atoms with Crippen molar-refractivity contribution in [2.45, 2.75) is 12.3 Å². The summed E-state index contributed by atoms with van der Waals surface area (Å²) >= 11 is 0. The van der Waals surface area contributed by atoms with Gasteiger partial charge in [0, 0.05) is 18.4 Å². The lowest BCUT2D eigenvalue weighted by atomic mass is 9.89. The molecule has 142 valence electrons. The quantitative estimate of drug-likeness (QED) is 0.704. The van der Waals surface area contributed by atoms with Crippen LogP contribution < -0.4 is 5.32 Å². The number of aromatic nitrogens is 2. The van der Waals surface area contributed by atoms with Crippen LogP contribution in [0.15, 0.2) is 48.8 Å². The third-order valence-electron chi connectivity index (χ3n) is 4.63. The lowest BCUT2D eigenvalue weighted by molar-refractivity contribution is -0.116. The van der Waals surface area contributed by atoms with Crippen molar-refractivity contribution in [2.24, 2.45) is 0 Å². The first-order valence-corrected chi connectivity index (χ1v) is 8.48. The Kier molecular flexibility index (Phi) is 4.38. The van der Waals surface area contributed by atoms with Crippen LogP contribution in [-0.4, -0.2) is 28.5 Å². The molecule has 2 aromatic carbocycles. The Morgan fingerprint density at radius 2 is 1.86 bits per heavy atom. The van der Waals surface area contributed by atoms with Crippen LogP contribution in [0.1, 0.15) is 34.0 Å². The van der Waals surface area contributed by atoms with E-state index in [0.29, 0.717) is 17.1 Å². The van der Waals surface area contributed by atoms with Crippen molar-refractivity contribution in [3.05, 3.63) is 77.2 Å². The van der Waals surface area contributed by atoms with Crippen molar-refractivity contribution in [1.29, 1.82) is 0 Å².